The summed E-state index contributed by atoms with van der Waals surface area (Å²) in [6.07, 6.45) is 5.77. The van der Waals surface area contributed by atoms with Crippen molar-refractivity contribution in [2.75, 3.05) is 16.6 Å². The molecule has 1 aromatic carbocycles. The number of aromatic nitrogens is 1. The fourth-order valence-electron chi connectivity index (χ4n) is 3.94. The molecule has 1 aliphatic carbocycles. The SMILES string of the molecule is O=S(=O)(Nc1ccc(F)c(F)c1)c1ccc(NC2CCCC3OCCC23)nc1. The molecular formula is C19H21F2N3O3S. The van der Waals surface area contributed by atoms with Crippen molar-refractivity contribution in [2.45, 2.75) is 42.7 Å². The van der Waals surface area contributed by atoms with Crippen LogP contribution in [-0.4, -0.2) is 32.2 Å². The summed E-state index contributed by atoms with van der Waals surface area (Å²) in [5.74, 6) is -1.12. The van der Waals surface area contributed by atoms with E-state index in [4.69, 9.17) is 4.74 Å². The maximum atomic E-state index is 13.3. The van der Waals surface area contributed by atoms with Gasteiger partial charge in [-0.1, -0.05) is 0 Å². The number of sulfonamides is 1. The first kappa shape index (κ1) is 19.1. The Labute approximate surface area is 162 Å². The van der Waals surface area contributed by atoms with Gasteiger partial charge in [-0.2, -0.15) is 0 Å². The fraction of sp³-hybridized carbons (Fsp3) is 0.421. The van der Waals surface area contributed by atoms with Gasteiger partial charge < -0.3 is 10.1 Å². The van der Waals surface area contributed by atoms with Gasteiger partial charge in [0.1, 0.15) is 10.7 Å². The average Bonchev–Trinajstić information content (AvgIpc) is 3.15. The van der Waals surface area contributed by atoms with E-state index in [0.717, 1.165) is 50.5 Å². The van der Waals surface area contributed by atoms with Gasteiger partial charge in [-0.05, 0) is 49.9 Å². The largest absolute Gasteiger partial charge is 0.378 e. The smallest absolute Gasteiger partial charge is 0.263 e. The van der Waals surface area contributed by atoms with Crippen LogP contribution < -0.4 is 10.0 Å². The topological polar surface area (TPSA) is 80.3 Å². The van der Waals surface area contributed by atoms with E-state index in [1.54, 1.807) is 6.07 Å². The highest BCUT2D eigenvalue weighted by atomic mass is 32.2. The van der Waals surface area contributed by atoms with Crippen LogP contribution in [-0.2, 0) is 14.8 Å². The standard InChI is InChI=1S/C19H21F2N3O3S/c20-15-6-4-12(10-16(15)21)24-28(25,26)13-5-7-19(22-11-13)23-17-2-1-3-18-14(17)8-9-27-18/h4-7,10-11,14,17-18,24H,1-3,8-9H2,(H,22,23). The molecule has 150 valence electrons. The lowest BCUT2D eigenvalue weighted by atomic mass is 9.82. The Balaban J connectivity index is 1.45. The Morgan fingerprint density at radius 2 is 1.93 bits per heavy atom. The summed E-state index contributed by atoms with van der Waals surface area (Å²) in [7, 11) is -3.96. The van der Waals surface area contributed by atoms with Crippen LogP contribution >= 0.6 is 0 Å². The number of nitrogens with zero attached hydrogens (tertiary/aromatic N) is 1. The maximum absolute atomic E-state index is 13.3. The Morgan fingerprint density at radius 1 is 1.07 bits per heavy atom. The van der Waals surface area contributed by atoms with Crippen LogP contribution in [0.4, 0.5) is 20.3 Å². The van der Waals surface area contributed by atoms with E-state index in [9.17, 15) is 17.2 Å². The first-order chi connectivity index (χ1) is 13.4. The minimum absolute atomic E-state index is 0.0596. The molecule has 2 aromatic rings. The Hall–Kier alpha value is -2.26. The molecule has 1 aromatic heterocycles. The van der Waals surface area contributed by atoms with Crippen molar-refractivity contribution in [1.82, 2.24) is 4.98 Å². The number of rotatable bonds is 5. The molecule has 28 heavy (non-hydrogen) atoms. The number of ether oxygens (including phenoxy) is 1. The fourth-order valence-corrected chi connectivity index (χ4v) is 4.94. The molecule has 0 bridgehead atoms. The minimum Gasteiger partial charge on any atom is -0.378 e. The highest BCUT2D eigenvalue weighted by Gasteiger charge is 2.37. The van der Waals surface area contributed by atoms with Crippen molar-refractivity contribution in [1.29, 1.82) is 0 Å². The maximum Gasteiger partial charge on any atom is 0.263 e. The molecule has 4 rings (SSSR count). The van der Waals surface area contributed by atoms with E-state index in [0.29, 0.717) is 17.8 Å². The van der Waals surface area contributed by atoms with Gasteiger partial charge >= 0.3 is 0 Å². The molecule has 2 fully saturated rings. The summed E-state index contributed by atoms with van der Waals surface area (Å²) in [6, 6.07) is 6.11. The monoisotopic (exact) mass is 409 g/mol. The second-order valence-corrected chi connectivity index (χ2v) is 8.84. The van der Waals surface area contributed by atoms with Gasteiger partial charge in [0.15, 0.2) is 11.6 Å². The zero-order valence-corrected chi connectivity index (χ0v) is 15.9. The molecule has 1 saturated carbocycles. The van der Waals surface area contributed by atoms with E-state index in [2.05, 4.69) is 15.0 Å². The highest BCUT2D eigenvalue weighted by Crippen LogP contribution is 2.35. The van der Waals surface area contributed by atoms with Crippen LogP contribution in [0.2, 0.25) is 0 Å². The average molecular weight is 409 g/mol. The molecule has 0 radical (unpaired) electrons. The molecule has 6 nitrogen and oxygen atoms in total. The molecular weight excluding hydrogens is 388 g/mol. The molecule has 9 heteroatoms. The zero-order chi connectivity index (χ0) is 19.7. The molecule has 3 unspecified atom stereocenters. The number of hydrogen-bond acceptors (Lipinski definition) is 5. The molecule has 0 spiro atoms. The normalized spacial score (nSPS) is 24.6. The van der Waals surface area contributed by atoms with Crippen molar-refractivity contribution in [2.24, 2.45) is 5.92 Å². The van der Waals surface area contributed by atoms with Crippen molar-refractivity contribution < 1.29 is 21.9 Å². The lowest BCUT2D eigenvalue weighted by Crippen LogP contribution is -2.38. The van der Waals surface area contributed by atoms with Gasteiger partial charge in [0.25, 0.3) is 10.0 Å². The lowest BCUT2D eigenvalue weighted by molar-refractivity contribution is 0.0619. The van der Waals surface area contributed by atoms with Crippen LogP contribution in [0.3, 0.4) is 0 Å². The second kappa shape index (κ2) is 7.63. The second-order valence-electron chi connectivity index (χ2n) is 7.16. The number of pyridine rings is 1. The van der Waals surface area contributed by atoms with Crippen LogP contribution in [0.5, 0.6) is 0 Å². The summed E-state index contributed by atoms with van der Waals surface area (Å²) in [4.78, 5) is 4.16. The third kappa shape index (κ3) is 3.95. The molecule has 1 aliphatic heterocycles. The van der Waals surface area contributed by atoms with E-state index in [1.807, 2.05) is 0 Å². The molecule has 2 aliphatic rings. The summed E-state index contributed by atoms with van der Waals surface area (Å²) in [5.41, 5.74) is -0.0596. The lowest BCUT2D eigenvalue weighted by Gasteiger charge is -2.33. The Kier molecular flexibility index (Phi) is 5.20. The van der Waals surface area contributed by atoms with Crippen LogP contribution in [0.25, 0.3) is 0 Å². The van der Waals surface area contributed by atoms with Crippen molar-refractivity contribution in [3.8, 4) is 0 Å². The molecule has 1 saturated heterocycles. The van der Waals surface area contributed by atoms with E-state index < -0.39 is 21.7 Å². The van der Waals surface area contributed by atoms with E-state index >= 15 is 0 Å². The number of nitrogens with one attached hydrogen (secondary N) is 2. The summed E-state index contributed by atoms with van der Waals surface area (Å²) in [5, 5.41) is 3.40. The molecule has 3 atom stereocenters. The number of anilines is 2. The minimum atomic E-state index is -3.96. The third-order valence-corrected chi connectivity index (χ3v) is 6.70. The Morgan fingerprint density at radius 3 is 2.68 bits per heavy atom. The predicted octanol–water partition coefficient (Wildman–Crippen LogP) is 3.53. The highest BCUT2D eigenvalue weighted by molar-refractivity contribution is 7.92. The number of hydrogen-bond donors (Lipinski definition) is 2. The zero-order valence-electron chi connectivity index (χ0n) is 15.1. The predicted molar refractivity (Wildman–Crippen MR) is 101 cm³/mol. The van der Waals surface area contributed by atoms with Crippen LogP contribution in [0, 0.1) is 17.6 Å². The van der Waals surface area contributed by atoms with Crippen molar-refractivity contribution >= 4 is 21.5 Å². The molecule has 2 heterocycles. The van der Waals surface area contributed by atoms with Gasteiger partial charge in [-0.3, -0.25) is 4.72 Å². The van der Waals surface area contributed by atoms with Gasteiger partial charge in [0, 0.05) is 30.8 Å². The molecule has 2 N–H and O–H groups in total. The van der Waals surface area contributed by atoms with E-state index in [-0.39, 0.29) is 16.6 Å². The van der Waals surface area contributed by atoms with Gasteiger partial charge in [0.2, 0.25) is 0 Å². The quantitative estimate of drug-likeness (QED) is 0.790. The van der Waals surface area contributed by atoms with Crippen LogP contribution in [0.15, 0.2) is 41.4 Å². The first-order valence-electron chi connectivity index (χ1n) is 9.24. The van der Waals surface area contributed by atoms with Crippen molar-refractivity contribution in [3.63, 3.8) is 0 Å². The summed E-state index contributed by atoms with van der Waals surface area (Å²) in [6.45, 7) is 0.785. The summed E-state index contributed by atoms with van der Waals surface area (Å²) >= 11 is 0. The number of benzene rings is 1. The Bertz CT molecular complexity index is 953. The van der Waals surface area contributed by atoms with Crippen LogP contribution in [0.1, 0.15) is 25.7 Å². The van der Waals surface area contributed by atoms with E-state index in [1.165, 1.54) is 12.3 Å². The number of halogens is 2. The van der Waals surface area contributed by atoms with Gasteiger partial charge in [-0.15, -0.1) is 0 Å². The summed E-state index contributed by atoms with van der Waals surface area (Å²) < 4.78 is 59.2. The first-order valence-corrected chi connectivity index (χ1v) is 10.7. The number of fused-ring (bicyclic) bond motifs is 1. The molecule has 0 amide bonds. The van der Waals surface area contributed by atoms with Gasteiger partial charge in [-0.25, -0.2) is 22.2 Å². The van der Waals surface area contributed by atoms with Crippen molar-refractivity contribution in [3.05, 3.63) is 48.2 Å². The van der Waals surface area contributed by atoms with Gasteiger partial charge in [0.05, 0.1) is 11.8 Å². The third-order valence-electron chi connectivity index (χ3n) is 5.33.